The van der Waals surface area contributed by atoms with Gasteiger partial charge < -0.3 is 16.0 Å². The Morgan fingerprint density at radius 3 is 2.75 bits per heavy atom. The molecule has 126 valence electrons. The normalized spacial score (nSPS) is 11.0. The average Bonchev–Trinajstić information content (AvgIpc) is 2.59. The molecular weight excluding hydrogens is 309 g/mol. The van der Waals surface area contributed by atoms with Crippen molar-refractivity contribution in [1.82, 2.24) is 15.6 Å². The van der Waals surface area contributed by atoms with Crippen LogP contribution in [-0.2, 0) is 11.3 Å². The molecule has 2 rings (SSSR count). The maximum absolute atomic E-state index is 13.6. The van der Waals surface area contributed by atoms with Crippen LogP contribution in [-0.4, -0.2) is 29.9 Å². The van der Waals surface area contributed by atoms with Crippen LogP contribution in [0.2, 0.25) is 0 Å². The van der Waals surface area contributed by atoms with Crippen molar-refractivity contribution in [2.24, 2.45) is 4.99 Å². The van der Waals surface area contributed by atoms with Gasteiger partial charge in [0.1, 0.15) is 5.82 Å². The molecule has 0 saturated carbocycles. The van der Waals surface area contributed by atoms with Crippen molar-refractivity contribution < 1.29 is 9.18 Å². The Labute approximate surface area is 140 Å². The molecule has 0 aliphatic carbocycles. The molecule has 0 bridgehead atoms. The molecule has 0 aliphatic rings. The Morgan fingerprint density at radius 2 is 2.04 bits per heavy atom. The second-order valence-corrected chi connectivity index (χ2v) is 4.93. The molecule has 0 aliphatic heterocycles. The highest BCUT2D eigenvalue weighted by molar-refractivity contribution is 5.94. The zero-order valence-electron chi connectivity index (χ0n) is 13.4. The number of amides is 1. The number of carbonyl (C=O) groups excluding carboxylic acids is 1. The zero-order valence-corrected chi connectivity index (χ0v) is 13.4. The molecule has 6 nitrogen and oxygen atoms in total. The van der Waals surface area contributed by atoms with E-state index in [0.29, 0.717) is 23.8 Å². The number of carbonyl (C=O) groups is 1. The summed E-state index contributed by atoms with van der Waals surface area (Å²) in [5.41, 5.74) is 1.12. The van der Waals surface area contributed by atoms with Crippen LogP contribution in [0, 0.1) is 5.82 Å². The van der Waals surface area contributed by atoms with Crippen molar-refractivity contribution in [3.05, 3.63) is 60.2 Å². The minimum atomic E-state index is -0.300. The number of aliphatic imine (C=N–C) groups is 1. The fraction of sp³-hybridized carbons (Fsp3) is 0.235. The van der Waals surface area contributed by atoms with Gasteiger partial charge in [-0.15, -0.1) is 0 Å². The van der Waals surface area contributed by atoms with Gasteiger partial charge in [0.05, 0.1) is 25.0 Å². The number of nitrogens with one attached hydrogen (secondary N) is 3. The number of hydrogen-bond donors (Lipinski definition) is 3. The lowest BCUT2D eigenvalue weighted by Gasteiger charge is -2.11. The quantitative estimate of drug-likeness (QED) is 0.559. The van der Waals surface area contributed by atoms with Crippen LogP contribution in [0.1, 0.15) is 12.5 Å². The summed E-state index contributed by atoms with van der Waals surface area (Å²) in [5.74, 6) is -0.0759. The summed E-state index contributed by atoms with van der Waals surface area (Å²) in [6, 6.07) is 9.96. The van der Waals surface area contributed by atoms with Gasteiger partial charge in [-0.2, -0.15) is 0 Å². The van der Waals surface area contributed by atoms with Gasteiger partial charge in [0.15, 0.2) is 5.96 Å². The van der Waals surface area contributed by atoms with Crippen LogP contribution in [0.5, 0.6) is 0 Å². The first kappa shape index (κ1) is 17.4. The number of hydrogen-bond acceptors (Lipinski definition) is 3. The van der Waals surface area contributed by atoms with Crippen molar-refractivity contribution in [1.29, 1.82) is 0 Å². The zero-order chi connectivity index (χ0) is 17.2. The lowest BCUT2D eigenvalue weighted by molar-refractivity contribution is -0.115. The molecule has 1 aromatic carbocycles. The van der Waals surface area contributed by atoms with Crippen molar-refractivity contribution in [3.8, 4) is 0 Å². The second-order valence-electron chi connectivity index (χ2n) is 4.93. The maximum Gasteiger partial charge on any atom is 0.243 e. The van der Waals surface area contributed by atoms with E-state index in [1.54, 1.807) is 42.7 Å². The van der Waals surface area contributed by atoms with E-state index < -0.39 is 0 Å². The first-order valence-corrected chi connectivity index (χ1v) is 7.64. The van der Waals surface area contributed by atoms with E-state index in [4.69, 9.17) is 0 Å². The molecular formula is C17H20FN5O. The van der Waals surface area contributed by atoms with Gasteiger partial charge >= 0.3 is 0 Å². The van der Waals surface area contributed by atoms with E-state index in [0.717, 1.165) is 0 Å². The van der Waals surface area contributed by atoms with Crippen LogP contribution in [0.15, 0.2) is 53.8 Å². The Bertz CT molecular complexity index is 690. The number of aromatic nitrogens is 1. The Kier molecular flexibility index (Phi) is 6.70. The van der Waals surface area contributed by atoms with Crippen molar-refractivity contribution >= 4 is 17.6 Å². The fourth-order valence-corrected chi connectivity index (χ4v) is 1.94. The third-order valence-electron chi connectivity index (χ3n) is 3.07. The minimum absolute atomic E-state index is 0.0397. The highest BCUT2D eigenvalue weighted by Crippen LogP contribution is 2.07. The molecule has 0 radical (unpaired) electrons. The van der Waals surface area contributed by atoms with Gasteiger partial charge in [-0.1, -0.05) is 18.2 Å². The number of guanidine groups is 1. The fourth-order valence-electron chi connectivity index (χ4n) is 1.94. The number of halogens is 1. The number of rotatable bonds is 6. The van der Waals surface area contributed by atoms with Gasteiger partial charge in [0, 0.05) is 18.3 Å². The predicted octanol–water partition coefficient (Wildman–Crippen LogP) is 1.91. The molecule has 2 aromatic rings. The van der Waals surface area contributed by atoms with E-state index >= 15 is 0 Å². The average molecular weight is 329 g/mol. The van der Waals surface area contributed by atoms with E-state index in [1.807, 2.05) is 6.92 Å². The highest BCUT2D eigenvalue weighted by atomic mass is 19.1. The van der Waals surface area contributed by atoms with Crippen LogP contribution in [0.3, 0.4) is 0 Å². The third-order valence-corrected chi connectivity index (χ3v) is 3.07. The molecule has 0 atom stereocenters. The molecule has 1 aromatic heterocycles. The van der Waals surface area contributed by atoms with Crippen LogP contribution in [0.4, 0.5) is 10.1 Å². The van der Waals surface area contributed by atoms with Crippen LogP contribution >= 0.6 is 0 Å². The first-order chi connectivity index (χ1) is 11.7. The van der Waals surface area contributed by atoms with E-state index in [1.165, 1.54) is 6.07 Å². The number of benzene rings is 1. The first-order valence-electron chi connectivity index (χ1n) is 7.64. The SMILES string of the molecule is CCNC(=NCc1ccccc1F)NCC(=O)Nc1cccnc1. The molecule has 7 heteroatoms. The van der Waals surface area contributed by atoms with Crippen molar-refractivity contribution in [3.63, 3.8) is 0 Å². The molecule has 0 unspecified atom stereocenters. The molecule has 0 spiro atoms. The highest BCUT2D eigenvalue weighted by Gasteiger charge is 2.05. The number of pyridine rings is 1. The third kappa shape index (κ3) is 5.68. The molecule has 0 saturated heterocycles. The smallest absolute Gasteiger partial charge is 0.243 e. The Hall–Kier alpha value is -2.96. The van der Waals surface area contributed by atoms with Gasteiger partial charge in [-0.25, -0.2) is 9.38 Å². The van der Waals surface area contributed by atoms with Gasteiger partial charge in [0.25, 0.3) is 0 Å². The lowest BCUT2D eigenvalue weighted by Crippen LogP contribution is -2.41. The molecule has 0 fully saturated rings. The summed E-state index contributed by atoms with van der Waals surface area (Å²) in [4.78, 5) is 20.1. The summed E-state index contributed by atoms with van der Waals surface area (Å²) in [6.45, 7) is 2.77. The maximum atomic E-state index is 13.6. The standard InChI is InChI=1S/C17H20FN5O/c1-2-20-17(21-10-13-6-3-4-8-15(13)18)22-12-16(24)23-14-7-5-9-19-11-14/h3-9,11H,2,10,12H2,1H3,(H,23,24)(H2,20,21,22). The minimum Gasteiger partial charge on any atom is -0.357 e. The molecule has 24 heavy (non-hydrogen) atoms. The summed E-state index contributed by atoms with van der Waals surface area (Å²) >= 11 is 0. The van der Waals surface area contributed by atoms with E-state index in [2.05, 4.69) is 25.9 Å². The summed E-state index contributed by atoms with van der Waals surface area (Å²) in [7, 11) is 0. The van der Waals surface area contributed by atoms with E-state index in [-0.39, 0.29) is 24.8 Å². The summed E-state index contributed by atoms with van der Waals surface area (Å²) in [6.07, 6.45) is 3.20. The molecule has 1 amide bonds. The van der Waals surface area contributed by atoms with Crippen LogP contribution < -0.4 is 16.0 Å². The van der Waals surface area contributed by atoms with Crippen LogP contribution in [0.25, 0.3) is 0 Å². The van der Waals surface area contributed by atoms with Crippen molar-refractivity contribution in [2.75, 3.05) is 18.4 Å². The van der Waals surface area contributed by atoms with Gasteiger partial charge in [-0.3, -0.25) is 9.78 Å². The predicted molar refractivity (Wildman–Crippen MR) is 92.1 cm³/mol. The number of anilines is 1. The second kappa shape index (κ2) is 9.24. The monoisotopic (exact) mass is 329 g/mol. The summed E-state index contributed by atoms with van der Waals surface area (Å²) < 4.78 is 13.6. The molecule has 3 N–H and O–H groups in total. The largest absolute Gasteiger partial charge is 0.357 e. The Morgan fingerprint density at radius 1 is 1.21 bits per heavy atom. The lowest BCUT2D eigenvalue weighted by atomic mass is 10.2. The van der Waals surface area contributed by atoms with Gasteiger partial charge in [-0.05, 0) is 25.1 Å². The van der Waals surface area contributed by atoms with E-state index in [9.17, 15) is 9.18 Å². The van der Waals surface area contributed by atoms with Crippen molar-refractivity contribution in [2.45, 2.75) is 13.5 Å². The van der Waals surface area contributed by atoms with Gasteiger partial charge in [0.2, 0.25) is 5.91 Å². The Balaban J connectivity index is 1.89. The summed E-state index contributed by atoms with van der Waals surface area (Å²) in [5, 5.41) is 8.65. The number of nitrogens with zero attached hydrogens (tertiary/aromatic N) is 2. The topological polar surface area (TPSA) is 78.4 Å². The molecule has 1 heterocycles.